The highest BCUT2D eigenvalue weighted by molar-refractivity contribution is 6.10. The van der Waals surface area contributed by atoms with Crippen molar-refractivity contribution >= 4 is 45.6 Å². The van der Waals surface area contributed by atoms with Crippen LogP contribution in [0.25, 0.3) is 10.9 Å². The SMILES string of the molecule is C[C@@H]1C(=O)N(c2cccc(C#N)c2)c2cnc(Nc3ccc4[nH]ncc4c3)nc2N1C1CCC(O)CC1. The Morgan fingerprint density at radius 1 is 1.14 bits per heavy atom. The Balaban J connectivity index is 1.43. The maximum atomic E-state index is 13.8. The molecule has 2 aliphatic rings. The molecule has 3 N–H and O–H groups in total. The van der Waals surface area contributed by atoms with Gasteiger partial charge in [0.1, 0.15) is 11.7 Å². The number of nitriles is 1. The maximum Gasteiger partial charge on any atom is 0.254 e. The van der Waals surface area contributed by atoms with Gasteiger partial charge < -0.3 is 15.3 Å². The zero-order valence-corrected chi connectivity index (χ0v) is 20.3. The van der Waals surface area contributed by atoms with Crippen molar-refractivity contribution in [2.45, 2.75) is 50.8 Å². The number of aliphatic hydroxyl groups excluding tert-OH is 1. The van der Waals surface area contributed by atoms with E-state index in [1.807, 2.05) is 31.2 Å². The third kappa shape index (κ3) is 4.13. The highest BCUT2D eigenvalue weighted by atomic mass is 16.3. The number of carbonyl (C=O) groups is 1. The molecule has 0 saturated heterocycles. The molecule has 6 rings (SSSR count). The van der Waals surface area contributed by atoms with E-state index in [4.69, 9.17) is 4.98 Å². The van der Waals surface area contributed by atoms with Crippen LogP contribution in [0.3, 0.4) is 0 Å². The third-order valence-electron chi connectivity index (χ3n) is 7.22. The monoisotopic (exact) mass is 494 g/mol. The first-order valence-corrected chi connectivity index (χ1v) is 12.4. The summed E-state index contributed by atoms with van der Waals surface area (Å²) in [5.74, 6) is 0.955. The molecule has 2 aromatic heterocycles. The molecular weight excluding hydrogens is 468 g/mol. The molecule has 1 saturated carbocycles. The number of anilines is 5. The van der Waals surface area contributed by atoms with Crippen LogP contribution in [0.2, 0.25) is 0 Å². The molecule has 186 valence electrons. The Kier molecular flexibility index (Phi) is 5.70. The lowest BCUT2D eigenvalue weighted by molar-refractivity contribution is -0.119. The predicted molar refractivity (Wildman–Crippen MR) is 140 cm³/mol. The van der Waals surface area contributed by atoms with Gasteiger partial charge in [0.25, 0.3) is 5.91 Å². The maximum absolute atomic E-state index is 13.8. The first-order chi connectivity index (χ1) is 18.0. The molecule has 0 spiro atoms. The Morgan fingerprint density at radius 3 is 2.78 bits per heavy atom. The molecule has 0 radical (unpaired) electrons. The summed E-state index contributed by atoms with van der Waals surface area (Å²) in [4.78, 5) is 26.9. The lowest BCUT2D eigenvalue weighted by Gasteiger charge is -2.45. The molecule has 1 aliphatic heterocycles. The number of aromatic nitrogens is 4. The van der Waals surface area contributed by atoms with Gasteiger partial charge in [0.2, 0.25) is 5.95 Å². The van der Waals surface area contributed by atoms with Crippen LogP contribution in [0.1, 0.15) is 38.2 Å². The summed E-state index contributed by atoms with van der Waals surface area (Å²) in [7, 11) is 0. The van der Waals surface area contributed by atoms with Gasteiger partial charge >= 0.3 is 0 Å². The van der Waals surface area contributed by atoms with Crippen molar-refractivity contribution in [3.8, 4) is 6.07 Å². The molecule has 3 heterocycles. The highest BCUT2D eigenvalue weighted by Crippen LogP contribution is 2.42. The molecule has 4 aromatic rings. The molecule has 2 aromatic carbocycles. The minimum Gasteiger partial charge on any atom is -0.393 e. The van der Waals surface area contributed by atoms with E-state index in [1.54, 1.807) is 35.5 Å². The average molecular weight is 495 g/mol. The molecular formula is C27H26N8O2. The summed E-state index contributed by atoms with van der Waals surface area (Å²) in [6.07, 6.45) is 6.02. The van der Waals surface area contributed by atoms with Crippen LogP contribution in [0.4, 0.5) is 28.8 Å². The molecule has 1 aliphatic carbocycles. The summed E-state index contributed by atoms with van der Waals surface area (Å²) < 4.78 is 0. The molecule has 37 heavy (non-hydrogen) atoms. The van der Waals surface area contributed by atoms with E-state index in [9.17, 15) is 15.2 Å². The molecule has 1 amide bonds. The van der Waals surface area contributed by atoms with Crippen LogP contribution in [-0.4, -0.2) is 49.4 Å². The van der Waals surface area contributed by atoms with E-state index < -0.39 is 6.04 Å². The Bertz CT molecular complexity index is 1520. The summed E-state index contributed by atoms with van der Waals surface area (Å²) >= 11 is 0. The quantitative estimate of drug-likeness (QED) is 0.385. The molecule has 1 atom stereocenters. The summed E-state index contributed by atoms with van der Waals surface area (Å²) in [5.41, 5.74) is 3.40. The smallest absolute Gasteiger partial charge is 0.254 e. The highest BCUT2D eigenvalue weighted by Gasteiger charge is 2.42. The van der Waals surface area contributed by atoms with Gasteiger partial charge in [0.15, 0.2) is 5.82 Å². The number of fused-ring (bicyclic) bond motifs is 2. The van der Waals surface area contributed by atoms with Crippen molar-refractivity contribution in [3.05, 3.63) is 60.4 Å². The van der Waals surface area contributed by atoms with Crippen LogP contribution < -0.4 is 15.1 Å². The van der Waals surface area contributed by atoms with E-state index in [2.05, 4.69) is 31.5 Å². The van der Waals surface area contributed by atoms with Crippen molar-refractivity contribution in [1.29, 1.82) is 5.26 Å². The van der Waals surface area contributed by atoms with Crippen LogP contribution in [-0.2, 0) is 4.79 Å². The number of hydrogen-bond donors (Lipinski definition) is 3. The number of hydrogen-bond acceptors (Lipinski definition) is 8. The number of nitrogens with one attached hydrogen (secondary N) is 2. The van der Waals surface area contributed by atoms with Crippen LogP contribution in [0.15, 0.2) is 54.9 Å². The van der Waals surface area contributed by atoms with Gasteiger partial charge in [-0.05, 0) is 69.0 Å². The number of H-pyrrole nitrogens is 1. The van der Waals surface area contributed by atoms with Crippen LogP contribution in [0, 0.1) is 11.3 Å². The number of benzene rings is 2. The number of rotatable bonds is 4. The van der Waals surface area contributed by atoms with E-state index in [0.717, 1.165) is 29.4 Å². The van der Waals surface area contributed by atoms with E-state index in [1.165, 1.54) is 0 Å². The van der Waals surface area contributed by atoms with Gasteiger partial charge in [-0.25, -0.2) is 4.98 Å². The molecule has 0 unspecified atom stereocenters. The minimum absolute atomic E-state index is 0.0683. The standard InChI is InChI=1S/C27H26N8O2/c1-16-26(37)35(21-4-2-3-17(11-21)13-28)24-15-29-27(31-19-5-10-23-18(12-19)14-30-33-23)32-25(24)34(16)20-6-8-22(36)9-7-20/h2-5,10-12,14-16,20,22,36H,6-9H2,1H3,(H,30,33)(H,29,31,32)/t16-,20?,22?/m1/s1. The number of aromatic amines is 1. The number of amides is 1. The predicted octanol–water partition coefficient (Wildman–Crippen LogP) is 4.14. The summed E-state index contributed by atoms with van der Waals surface area (Å²) in [5, 5.41) is 30.8. The lowest BCUT2D eigenvalue weighted by atomic mass is 9.90. The third-order valence-corrected chi connectivity index (χ3v) is 7.22. The second-order valence-corrected chi connectivity index (χ2v) is 9.58. The van der Waals surface area contributed by atoms with Crippen molar-refractivity contribution in [1.82, 2.24) is 20.2 Å². The number of nitrogens with zero attached hydrogens (tertiary/aromatic N) is 6. The minimum atomic E-state index is -0.483. The molecule has 10 nitrogen and oxygen atoms in total. The van der Waals surface area contributed by atoms with E-state index in [0.29, 0.717) is 41.5 Å². The second-order valence-electron chi connectivity index (χ2n) is 9.58. The van der Waals surface area contributed by atoms with Gasteiger partial charge in [-0.3, -0.25) is 14.8 Å². The fourth-order valence-electron chi connectivity index (χ4n) is 5.34. The van der Waals surface area contributed by atoms with Gasteiger partial charge in [-0.2, -0.15) is 15.3 Å². The van der Waals surface area contributed by atoms with Crippen molar-refractivity contribution < 1.29 is 9.90 Å². The Labute approximate surface area is 213 Å². The zero-order valence-electron chi connectivity index (χ0n) is 20.3. The zero-order chi connectivity index (χ0) is 25.5. The van der Waals surface area contributed by atoms with Crippen molar-refractivity contribution in [2.24, 2.45) is 0 Å². The normalized spacial score (nSPS) is 21.5. The van der Waals surface area contributed by atoms with Crippen molar-refractivity contribution in [3.63, 3.8) is 0 Å². The number of aliphatic hydroxyl groups is 1. The molecule has 10 heteroatoms. The Morgan fingerprint density at radius 2 is 1.97 bits per heavy atom. The Hall–Kier alpha value is -4.49. The fourth-order valence-corrected chi connectivity index (χ4v) is 5.34. The topological polar surface area (TPSA) is 134 Å². The number of carbonyl (C=O) groups excluding carboxylic acids is 1. The fraction of sp³-hybridized carbons (Fsp3) is 0.296. The average Bonchev–Trinajstić information content (AvgIpc) is 3.39. The van der Waals surface area contributed by atoms with Gasteiger partial charge in [0.05, 0.1) is 41.3 Å². The molecule has 1 fully saturated rings. The first-order valence-electron chi connectivity index (χ1n) is 12.4. The second kappa shape index (κ2) is 9.19. The lowest BCUT2D eigenvalue weighted by Crippen LogP contribution is -2.55. The first kappa shape index (κ1) is 22.9. The van der Waals surface area contributed by atoms with Gasteiger partial charge in [-0.15, -0.1) is 0 Å². The van der Waals surface area contributed by atoms with Gasteiger partial charge in [0, 0.05) is 17.1 Å². The summed E-state index contributed by atoms with van der Waals surface area (Å²) in [6, 6.07) is 14.6. The van der Waals surface area contributed by atoms with Gasteiger partial charge in [-0.1, -0.05) is 6.07 Å². The summed E-state index contributed by atoms with van der Waals surface area (Å²) in [6.45, 7) is 1.89. The van der Waals surface area contributed by atoms with E-state index in [-0.39, 0.29) is 18.1 Å². The van der Waals surface area contributed by atoms with Crippen LogP contribution in [0.5, 0.6) is 0 Å². The largest absolute Gasteiger partial charge is 0.393 e. The van der Waals surface area contributed by atoms with Crippen LogP contribution >= 0.6 is 0 Å². The molecule has 0 bridgehead atoms. The van der Waals surface area contributed by atoms with Crippen molar-refractivity contribution in [2.75, 3.05) is 15.1 Å². The van der Waals surface area contributed by atoms with E-state index >= 15 is 0 Å².